The van der Waals surface area contributed by atoms with E-state index in [2.05, 4.69) is 10.3 Å². The number of hydrogen-bond donors (Lipinski definition) is 1. The second-order valence-electron chi connectivity index (χ2n) is 3.86. The highest BCUT2D eigenvalue weighted by molar-refractivity contribution is 6.34. The van der Waals surface area contributed by atoms with Gasteiger partial charge in [-0.2, -0.15) is 0 Å². The summed E-state index contributed by atoms with van der Waals surface area (Å²) < 4.78 is 13.6. The first-order chi connectivity index (χ1) is 8.99. The molecular formula is C13H9Cl2FN2O. The summed E-state index contributed by atoms with van der Waals surface area (Å²) >= 11 is 11.6. The van der Waals surface area contributed by atoms with E-state index in [1.807, 2.05) is 0 Å². The Labute approximate surface area is 119 Å². The van der Waals surface area contributed by atoms with Gasteiger partial charge in [-0.15, -0.1) is 0 Å². The number of carbonyl (C=O) groups excluding carboxylic acids is 1. The van der Waals surface area contributed by atoms with Crippen molar-refractivity contribution in [3.05, 3.63) is 57.6 Å². The van der Waals surface area contributed by atoms with E-state index in [1.165, 1.54) is 24.4 Å². The number of nitrogens with one attached hydrogen (secondary N) is 1. The number of carbonyl (C=O) groups is 1. The van der Waals surface area contributed by atoms with Gasteiger partial charge < -0.3 is 5.32 Å². The van der Waals surface area contributed by atoms with Crippen LogP contribution in [-0.2, 0) is 0 Å². The first-order valence-electron chi connectivity index (χ1n) is 5.36. The summed E-state index contributed by atoms with van der Waals surface area (Å²) in [5.74, 6) is -1.23. The standard InChI is InChI=1S/C13H9Cl2FN2O/c1-7-5-10(15)8(6-17-7)13(19)18-11-4-2-3-9(14)12(11)16/h2-6H,1H3,(H,18,19). The maximum atomic E-state index is 13.6. The van der Waals surface area contributed by atoms with Gasteiger partial charge in [0.05, 0.1) is 21.3 Å². The molecule has 6 heteroatoms. The maximum Gasteiger partial charge on any atom is 0.258 e. The minimum absolute atomic E-state index is 0.00542. The molecule has 0 aliphatic carbocycles. The van der Waals surface area contributed by atoms with Crippen LogP contribution in [0.15, 0.2) is 30.5 Å². The van der Waals surface area contributed by atoms with Crippen LogP contribution in [0.1, 0.15) is 16.1 Å². The lowest BCUT2D eigenvalue weighted by atomic mass is 10.2. The highest BCUT2D eigenvalue weighted by Gasteiger charge is 2.14. The van der Waals surface area contributed by atoms with Crippen LogP contribution in [0.5, 0.6) is 0 Å². The second-order valence-corrected chi connectivity index (χ2v) is 4.68. The second kappa shape index (κ2) is 5.55. The highest BCUT2D eigenvalue weighted by atomic mass is 35.5. The van der Waals surface area contributed by atoms with Crippen molar-refractivity contribution in [3.63, 3.8) is 0 Å². The highest BCUT2D eigenvalue weighted by Crippen LogP contribution is 2.23. The Kier molecular flexibility index (Phi) is 4.02. The van der Waals surface area contributed by atoms with Crippen LogP contribution in [0, 0.1) is 12.7 Å². The van der Waals surface area contributed by atoms with E-state index in [-0.39, 0.29) is 21.3 Å². The summed E-state index contributed by atoms with van der Waals surface area (Å²) in [5.41, 5.74) is 0.858. The molecule has 0 aliphatic heterocycles. The third-order valence-electron chi connectivity index (χ3n) is 2.43. The molecule has 1 amide bonds. The quantitative estimate of drug-likeness (QED) is 0.907. The van der Waals surface area contributed by atoms with Crippen LogP contribution in [0.2, 0.25) is 10.0 Å². The van der Waals surface area contributed by atoms with Crippen molar-refractivity contribution in [2.75, 3.05) is 5.32 Å². The molecule has 0 bridgehead atoms. The number of aryl methyl sites for hydroxylation is 1. The fourth-order valence-corrected chi connectivity index (χ4v) is 1.95. The summed E-state index contributed by atoms with van der Waals surface area (Å²) in [5, 5.41) is 2.60. The maximum absolute atomic E-state index is 13.6. The fourth-order valence-electron chi connectivity index (χ4n) is 1.48. The molecule has 1 heterocycles. The molecule has 0 fully saturated rings. The van der Waals surface area contributed by atoms with E-state index in [0.29, 0.717) is 5.69 Å². The van der Waals surface area contributed by atoms with E-state index in [0.717, 1.165) is 0 Å². The number of rotatable bonds is 2. The van der Waals surface area contributed by atoms with Crippen LogP contribution in [0.3, 0.4) is 0 Å². The van der Waals surface area contributed by atoms with Gasteiger partial charge in [0.2, 0.25) is 0 Å². The Hall–Kier alpha value is -1.65. The van der Waals surface area contributed by atoms with Crippen molar-refractivity contribution < 1.29 is 9.18 Å². The summed E-state index contributed by atoms with van der Waals surface area (Å²) in [7, 11) is 0. The van der Waals surface area contributed by atoms with Crippen molar-refractivity contribution >= 4 is 34.8 Å². The molecule has 0 unspecified atom stereocenters. The summed E-state index contributed by atoms with van der Waals surface area (Å²) in [6, 6.07) is 5.91. The van der Waals surface area contributed by atoms with Crippen molar-refractivity contribution in [3.8, 4) is 0 Å². The van der Waals surface area contributed by atoms with Crippen molar-refractivity contribution in [2.24, 2.45) is 0 Å². The molecule has 0 spiro atoms. The molecular weight excluding hydrogens is 290 g/mol. The SMILES string of the molecule is Cc1cc(Cl)c(C(=O)Nc2cccc(Cl)c2F)cn1. The number of hydrogen-bond acceptors (Lipinski definition) is 2. The van der Waals surface area contributed by atoms with Gasteiger partial charge in [0.1, 0.15) is 0 Å². The molecule has 0 saturated heterocycles. The summed E-state index contributed by atoms with van der Waals surface area (Å²) in [6.45, 7) is 1.75. The number of benzene rings is 1. The summed E-state index contributed by atoms with van der Waals surface area (Å²) in [6.07, 6.45) is 1.34. The van der Waals surface area contributed by atoms with Crippen LogP contribution in [0.25, 0.3) is 0 Å². The van der Waals surface area contributed by atoms with Crippen LogP contribution < -0.4 is 5.32 Å². The number of aromatic nitrogens is 1. The number of nitrogens with zero attached hydrogens (tertiary/aromatic N) is 1. The molecule has 0 radical (unpaired) electrons. The Morgan fingerprint density at radius 3 is 2.74 bits per heavy atom. The number of amides is 1. The van der Waals surface area contributed by atoms with Gasteiger partial charge >= 0.3 is 0 Å². The molecule has 0 atom stereocenters. The molecule has 1 N–H and O–H groups in total. The lowest BCUT2D eigenvalue weighted by molar-refractivity contribution is 0.102. The fraction of sp³-hybridized carbons (Fsp3) is 0.0769. The van der Waals surface area contributed by atoms with E-state index in [1.54, 1.807) is 13.0 Å². The molecule has 2 rings (SSSR count). The zero-order chi connectivity index (χ0) is 14.0. The van der Waals surface area contributed by atoms with Gasteiger partial charge in [-0.3, -0.25) is 9.78 Å². The predicted octanol–water partition coefficient (Wildman–Crippen LogP) is 4.09. The monoisotopic (exact) mass is 298 g/mol. The zero-order valence-corrected chi connectivity index (χ0v) is 11.4. The van der Waals surface area contributed by atoms with E-state index in [9.17, 15) is 9.18 Å². The Morgan fingerprint density at radius 1 is 1.32 bits per heavy atom. The van der Waals surface area contributed by atoms with Gasteiger partial charge in [0, 0.05) is 11.9 Å². The topological polar surface area (TPSA) is 42.0 Å². The Balaban J connectivity index is 2.28. The average molecular weight is 299 g/mol. The van der Waals surface area contributed by atoms with Crippen LogP contribution in [-0.4, -0.2) is 10.9 Å². The molecule has 1 aromatic heterocycles. The molecule has 3 nitrogen and oxygen atoms in total. The van der Waals surface area contributed by atoms with Crippen molar-refractivity contribution in [1.82, 2.24) is 4.98 Å². The third-order valence-corrected chi connectivity index (χ3v) is 3.04. The molecule has 19 heavy (non-hydrogen) atoms. The van der Waals surface area contributed by atoms with Gasteiger partial charge in [-0.1, -0.05) is 29.3 Å². The minimum atomic E-state index is -0.686. The van der Waals surface area contributed by atoms with Crippen molar-refractivity contribution in [1.29, 1.82) is 0 Å². The minimum Gasteiger partial charge on any atom is -0.319 e. The first kappa shape index (κ1) is 13.8. The normalized spacial score (nSPS) is 10.3. The number of pyridine rings is 1. The van der Waals surface area contributed by atoms with Crippen LogP contribution in [0.4, 0.5) is 10.1 Å². The van der Waals surface area contributed by atoms with E-state index in [4.69, 9.17) is 23.2 Å². The lowest BCUT2D eigenvalue weighted by Gasteiger charge is -2.08. The smallest absolute Gasteiger partial charge is 0.258 e. The van der Waals surface area contributed by atoms with Crippen LogP contribution >= 0.6 is 23.2 Å². The predicted molar refractivity (Wildman–Crippen MR) is 73.3 cm³/mol. The molecule has 0 saturated carbocycles. The lowest BCUT2D eigenvalue weighted by Crippen LogP contribution is -2.14. The van der Waals surface area contributed by atoms with E-state index >= 15 is 0 Å². The number of anilines is 1. The van der Waals surface area contributed by atoms with Gasteiger partial charge in [0.15, 0.2) is 5.82 Å². The largest absolute Gasteiger partial charge is 0.319 e. The van der Waals surface area contributed by atoms with E-state index < -0.39 is 11.7 Å². The van der Waals surface area contributed by atoms with Crippen molar-refractivity contribution in [2.45, 2.75) is 6.92 Å². The zero-order valence-electron chi connectivity index (χ0n) is 9.88. The Bertz CT molecular complexity index is 647. The number of halogens is 3. The third kappa shape index (κ3) is 3.03. The summed E-state index contributed by atoms with van der Waals surface area (Å²) in [4.78, 5) is 15.9. The van der Waals surface area contributed by atoms with Gasteiger partial charge in [0.25, 0.3) is 5.91 Å². The van der Waals surface area contributed by atoms with Gasteiger partial charge in [-0.25, -0.2) is 4.39 Å². The Morgan fingerprint density at radius 2 is 2.05 bits per heavy atom. The first-order valence-corrected chi connectivity index (χ1v) is 6.12. The molecule has 0 aliphatic rings. The molecule has 2 aromatic rings. The average Bonchev–Trinajstić information content (AvgIpc) is 2.34. The molecule has 98 valence electrons. The van der Waals surface area contributed by atoms with Gasteiger partial charge in [-0.05, 0) is 25.1 Å². The molecule has 1 aromatic carbocycles.